The maximum absolute atomic E-state index is 12.3. The first-order valence-corrected chi connectivity index (χ1v) is 9.15. The maximum atomic E-state index is 12.3. The van der Waals surface area contributed by atoms with Crippen LogP contribution in [-0.4, -0.2) is 26.4 Å². The molecule has 0 atom stereocenters. The Balaban J connectivity index is 1.72. The van der Waals surface area contributed by atoms with Gasteiger partial charge in [0.05, 0.1) is 10.7 Å². The number of ketones is 1. The number of para-hydroxylation sites is 1. The molecule has 0 aromatic heterocycles. The van der Waals surface area contributed by atoms with E-state index in [1.807, 2.05) is 56.6 Å². The average Bonchev–Trinajstić information content (AvgIpc) is 2.97. The Labute approximate surface area is 153 Å². The van der Waals surface area contributed by atoms with E-state index in [-0.39, 0.29) is 5.78 Å². The lowest BCUT2D eigenvalue weighted by Crippen LogP contribution is -2.17. The number of nitrogens with zero attached hydrogens (tertiary/aromatic N) is 2. The Hall–Kier alpha value is -2.46. The molecule has 0 bridgehead atoms. The summed E-state index contributed by atoms with van der Waals surface area (Å²) in [4.78, 5) is 17.8. The first-order valence-electron chi connectivity index (χ1n) is 8.34. The minimum Gasteiger partial charge on any atom is -0.378 e. The molecule has 0 unspecified atom stereocenters. The van der Waals surface area contributed by atoms with Crippen LogP contribution >= 0.6 is 11.8 Å². The molecule has 2 aromatic rings. The Bertz CT molecular complexity index is 822. The van der Waals surface area contributed by atoms with Crippen LogP contribution in [0.2, 0.25) is 0 Å². The third-order valence-electron chi connectivity index (χ3n) is 4.07. The molecule has 0 spiro atoms. The first-order chi connectivity index (χ1) is 12.1. The predicted molar refractivity (Wildman–Crippen MR) is 108 cm³/mol. The number of hydrogen-bond acceptors (Lipinski definition) is 4. The van der Waals surface area contributed by atoms with Gasteiger partial charge in [0.15, 0.2) is 5.78 Å². The Morgan fingerprint density at radius 3 is 2.52 bits per heavy atom. The zero-order valence-electron chi connectivity index (χ0n) is 14.8. The minimum atomic E-state index is 0.00504. The Morgan fingerprint density at radius 1 is 1.12 bits per heavy atom. The van der Waals surface area contributed by atoms with Gasteiger partial charge in [-0.2, -0.15) is 0 Å². The second kappa shape index (κ2) is 7.62. The minimum absolute atomic E-state index is 0.00504. The van der Waals surface area contributed by atoms with Crippen molar-refractivity contribution in [3.8, 4) is 0 Å². The van der Waals surface area contributed by atoms with Crippen LogP contribution in [0, 0.1) is 0 Å². The van der Waals surface area contributed by atoms with Gasteiger partial charge >= 0.3 is 0 Å². The van der Waals surface area contributed by atoms with Gasteiger partial charge in [-0.25, -0.2) is 0 Å². The summed E-state index contributed by atoms with van der Waals surface area (Å²) in [6.45, 7) is 2.95. The van der Waals surface area contributed by atoms with E-state index >= 15 is 0 Å². The van der Waals surface area contributed by atoms with Gasteiger partial charge < -0.3 is 9.80 Å². The number of allylic oxidation sites excluding steroid dienone is 2. The van der Waals surface area contributed by atoms with Crippen molar-refractivity contribution < 1.29 is 4.79 Å². The van der Waals surface area contributed by atoms with E-state index in [1.54, 1.807) is 23.9 Å². The van der Waals surface area contributed by atoms with Crippen molar-refractivity contribution in [2.24, 2.45) is 0 Å². The maximum Gasteiger partial charge on any atom is 0.181 e. The van der Waals surface area contributed by atoms with Crippen LogP contribution in [0.25, 0.3) is 6.08 Å². The van der Waals surface area contributed by atoms with Crippen molar-refractivity contribution in [2.75, 3.05) is 30.4 Å². The van der Waals surface area contributed by atoms with Gasteiger partial charge in [-0.3, -0.25) is 4.79 Å². The molecule has 2 aromatic carbocycles. The monoisotopic (exact) mass is 350 g/mol. The summed E-state index contributed by atoms with van der Waals surface area (Å²) >= 11 is 1.65. The quantitative estimate of drug-likeness (QED) is 0.722. The SMILES string of the molecule is CCN1C(=CC(=O)/C=C/c2ccc(N(C)C)cc2)Sc2ccccc21. The second-order valence-electron chi connectivity index (χ2n) is 6.02. The topological polar surface area (TPSA) is 23.6 Å². The molecule has 3 nitrogen and oxygen atoms in total. The van der Waals surface area contributed by atoms with Crippen LogP contribution in [0.3, 0.4) is 0 Å². The molecule has 0 amide bonds. The molecule has 1 heterocycles. The fourth-order valence-electron chi connectivity index (χ4n) is 2.72. The fourth-order valence-corrected chi connectivity index (χ4v) is 3.89. The molecule has 0 fully saturated rings. The van der Waals surface area contributed by atoms with Crippen LogP contribution in [-0.2, 0) is 4.79 Å². The van der Waals surface area contributed by atoms with Crippen molar-refractivity contribution in [3.05, 3.63) is 71.3 Å². The number of carbonyl (C=O) groups is 1. The number of thioether (sulfide) groups is 1. The van der Waals surface area contributed by atoms with E-state index in [9.17, 15) is 4.79 Å². The summed E-state index contributed by atoms with van der Waals surface area (Å²) in [6, 6.07) is 16.4. The van der Waals surface area contributed by atoms with Crippen LogP contribution in [0.5, 0.6) is 0 Å². The zero-order chi connectivity index (χ0) is 17.8. The van der Waals surface area contributed by atoms with Crippen LogP contribution in [0.4, 0.5) is 11.4 Å². The van der Waals surface area contributed by atoms with E-state index < -0.39 is 0 Å². The van der Waals surface area contributed by atoms with Crippen molar-refractivity contribution in [3.63, 3.8) is 0 Å². The second-order valence-corrected chi connectivity index (χ2v) is 7.08. The normalized spacial score (nSPS) is 15.0. The molecule has 3 rings (SSSR count). The first kappa shape index (κ1) is 17.4. The molecule has 1 aliphatic rings. The Morgan fingerprint density at radius 2 is 1.84 bits per heavy atom. The largest absolute Gasteiger partial charge is 0.378 e. The standard InChI is InChI=1S/C21H22N2OS/c1-4-23-19-7-5-6-8-20(19)25-21(23)15-18(24)14-11-16-9-12-17(13-10-16)22(2)3/h5-15H,4H2,1-3H3/b14-11+,21-15?. The number of anilines is 2. The van der Waals surface area contributed by atoms with Crippen LogP contribution in [0.1, 0.15) is 12.5 Å². The number of hydrogen-bond donors (Lipinski definition) is 0. The molecule has 1 aliphatic heterocycles. The van der Waals surface area contributed by atoms with Gasteiger partial charge in [0.2, 0.25) is 0 Å². The third-order valence-corrected chi connectivity index (χ3v) is 5.18. The highest BCUT2D eigenvalue weighted by Gasteiger charge is 2.23. The van der Waals surface area contributed by atoms with Gasteiger partial charge in [-0.05, 0) is 42.8 Å². The van der Waals surface area contributed by atoms with Crippen LogP contribution < -0.4 is 9.80 Å². The highest BCUT2D eigenvalue weighted by Crippen LogP contribution is 2.45. The number of carbonyl (C=O) groups excluding carboxylic acids is 1. The number of rotatable bonds is 5. The summed E-state index contributed by atoms with van der Waals surface area (Å²) < 4.78 is 0. The molecule has 0 radical (unpaired) electrons. The lowest BCUT2D eigenvalue weighted by Gasteiger charge is -2.17. The Kier molecular flexibility index (Phi) is 5.29. The van der Waals surface area contributed by atoms with Crippen molar-refractivity contribution >= 4 is 35.0 Å². The van der Waals surface area contributed by atoms with Gasteiger partial charge in [0.25, 0.3) is 0 Å². The third kappa shape index (κ3) is 3.97. The van der Waals surface area contributed by atoms with E-state index in [1.165, 1.54) is 10.6 Å². The molecule has 128 valence electrons. The highest BCUT2D eigenvalue weighted by molar-refractivity contribution is 8.03. The predicted octanol–water partition coefficient (Wildman–Crippen LogP) is 4.81. The van der Waals surface area contributed by atoms with Gasteiger partial charge in [-0.15, -0.1) is 0 Å². The number of benzene rings is 2. The highest BCUT2D eigenvalue weighted by atomic mass is 32.2. The van der Waals surface area contributed by atoms with Crippen LogP contribution in [0.15, 0.2) is 70.6 Å². The van der Waals surface area contributed by atoms with Crippen molar-refractivity contribution in [1.29, 1.82) is 0 Å². The van der Waals surface area contributed by atoms with E-state index in [0.29, 0.717) is 0 Å². The molecule has 0 saturated carbocycles. The summed E-state index contributed by atoms with van der Waals surface area (Å²) in [7, 11) is 4.02. The summed E-state index contributed by atoms with van der Waals surface area (Å²) in [5, 5.41) is 0.987. The van der Waals surface area contributed by atoms with Gasteiger partial charge in [0.1, 0.15) is 0 Å². The van der Waals surface area contributed by atoms with E-state index in [0.717, 1.165) is 22.8 Å². The summed E-state index contributed by atoms with van der Waals surface area (Å²) in [5.74, 6) is 0.00504. The summed E-state index contributed by atoms with van der Waals surface area (Å²) in [6.07, 6.45) is 5.22. The molecule has 0 aliphatic carbocycles. The summed E-state index contributed by atoms with van der Waals surface area (Å²) in [5.41, 5.74) is 3.34. The van der Waals surface area contributed by atoms with E-state index in [4.69, 9.17) is 0 Å². The molecular weight excluding hydrogens is 328 g/mol. The van der Waals surface area contributed by atoms with Crippen molar-refractivity contribution in [1.82, 2.24) is 0 Å². The van der Waals surface area contributed by atoms with Gasteiger partial charge in [0, 0.05) is 37.3 Å². The average molecular weight is 350 g/mol. The smallest absolute Gasteiger partial charge is 0.181 e. The fraction of sp³-hybridized carbons (Fsp3) is 0.190. The lowest BCUT2D eigenvalue weighted by atomic mass is 10.1. The molecule has 4 heteroatoms. The number of fused-ring (bicyclic) bond motifs is 1. The van der Waals surface area contributed by atoms with Gasteiger partial charge in [-0.1, -0.05) is 42.1 Å². The molecule has 0 N–H and O–H groups in total. The lowest BCUT2D eigenvalue weighted by molar-refractivity contribution is -0.110. The molecule has 25 heavy (non-hydrogen) atoms. The van der Waals surface area contributed by atoms with Crippen molar-refractivity contribution in [2.45, 2.75) is 11.8 Å². The van der Waals surface area contributed by atoms with E-state index in [2.05, 4.69) is 28.9 Å². The molecular formula is C21H22N2OS. The zero-order valence-corrected chi connectivity index (χ0v) is 15.6. The molecule has 0 saturated heterocycles.